The summed E-state index contributed by atoms with van der Waals surface area (Å²) in [6.45, 7) is 1.10. The first-order valence-corrected chi connectivity index (χ1v) is 6.62. The van der Waals surface area contributed by atoms with Crippen LogP contribution in [0.4, 0.5) is 5.82 Å². The van der Waals surface area contributed by atoms with Gasteiger partial charge in [0, 0.05) is 32.8 Å². The number of hydrogen-bond acceptors (Lipinski definition) is 6. The molecular formula is C12H18ClN5O3. The van der Waals surface area contributed by atoms with Crippen LogP contribution in [0, 0.1) is 0 Å². The number of nitrogens with zero attached hydrogens (tertiary/aromatic N) is 1. The van der Waals surface area contributed by atoms with Crippen LogP contribution in [0.15, 0.2) is 12.3 Å². The molecule has 0 aliphatic rings. The molecule has 8 nitrogen and oxygen atoms in total. The zero-order valence-corrected chi connectivity index (χ0v) is 12.4. The molecule has 1 aromatic heterocycles. The van der Waals surface area contributed by atoms with E-state index in [1.807, 2.05) is 0 Å². The fraction of sp³-hybridized carbons (Fsp3) is 0.417. The molecule has 21 heavy (non-hydrogen) atoms. The van der Waals surface area contributed by atoms with Crippen molar-refractivity contribution in [2.24, 2.45) is 5.84 Å². The van der Waals surface area contributed by atoms with E-state index >= 15 is 0 Å². The number of rotatable bonds is 8. The molecule has 0 bridgehead atoms. The van der Waals surface area contributed by atoms with Gasteiger partial charge < -0.3 is 20.8 Å². The molecule has 5 N–H and O–H groups in total. The maximum Gasteiger partial charge on any atom is 0.252 e. The van der Waals surface area contributed by atoms with Crippen LogP contribution in [-0.4, -0.2) is 43.6 Å². The largest absolute Gasteiger partial charge is 0.383 e. The van der Waals surface area contributed by atoms with Crippen LogP contribution in [0.3, 0.4) is 0 Å². The van der Waals surface area contributed by atoms with Crippen molar-refractivity contribution in [2.45, 2.75) is 6.42 Å². The SMILES string of the molecule is COCCNC(=O)CCNC(=O)c1cnc(NN)c(Cl)c1. The van der Waals surface area contributed by atoms with Gasteiger partial charge in [-0.2, -0.15) is 0 Å². The van der Waals surface area contributed by atoms with Gasteiger partial charge in [-0.1, -0.05) is 11.6 Å². The molecule has 116 valence electrons. The van der Waals surface area contributed by atoms with Gasteiger partial charge in [0.15, 0.2) is 5.82 Å². The molecule has 1 rings (SSSR count). The second-order valence-corrected chi connectivity index (χ2v) is 4.45. The quantitative estimate of drug-likeness (QED) is 0.302. The molecule has 0 saturated heterocycles. The second kappa shape index (κ2) is 9.11. The van der Waals surface area contributed by atoms with Crippen molar-refractivity contribution in [1.29, 1.82) is 0 Å². The standard InChI is InChI=1S/C12H18ClN5O3/c1-21-5-4-15-10(19)2-3-16-12(20)8-6-9(13)11(18-14)17-7-8/h6-7H,2-5,14H2,1H3,(H,15,19)(H,16,20)(H,17,18). The maximum absolute atomic E-state index is 11.8. The Kier molecular flexibility index (Phi) is 7.44. The maximum atomic E-state index is 11.8. The minimum absolute atomic E-state index is 0.161. The summed E-state index contributed by atoms with van der Waals surface area (Å²) in [5, 5.41) is 5.49. The van der Waals surface area contributed by atoms with E-state index < -0.39 is 0 Å². The number of hydrazine groups is 1. The Balaban J connectivity index is 2.37. The van der Waals surface area contributed by atoms with Gasteiger partial charge >= 0.3 is 0 Å². The Morgan fingerprint density at radius 3 is 2.76 bits per heavy atom. The molecule has 1 heterocycles. The van der Waals surface area contributed by atoms with E-state index in [0.717, 1.165) is 0 Å². The zero-order chi connectivity index (χ0) is 15.7. The Hall–Kier alpha value is -1.90. The molecule has 0 aliphatic heterocycles. The summed E-state index contributed by atoms with van der Waals surface area (Å²) in [6.07, 6.45) is 1.52. The summed E-state index contributed by atoms with van der Waals surface area (Å²) in [7, 11) is 1.55. The van der Waals surface area contributed by atoms with Crippen molar-refractivity contribution in [3.8, 4) is 0 Å². The van der Waals surface area contributed by atoms with Gasteiger partial charge in [0.2, 0.25) is 5.91 Å². The first-order chi connectivity index (χ1) is 10.1. The molecule has 9 heteroatoms. The monoisotopic (exact) mass is 315 g/mol. The first kappa shape index (κ1) is 17.2. The number of nitrogen functional groups attached to an aromatic ring is 1. The lowest BCUT2D eigenvalue weighted by Crippen LogP contribution is -2.32. The summed E-state index contributed by atoms with van der Waals surface area (Å²) >= 11 is 5.87. The number of hydrogen-bond donors (Lipinski definition) is 4. The van der Waals surface area contributed by atoms with E-state index in [-0.39, 0.29) is 35.6 Å². The number of halogens is 1. The molecule has 0 spiro atoms. The van der Waals surface area contributed by atoms with Gasteiger partial charge in [0.05, 0.1) is 17.2 Å². The van der Waals surface area contributed by atoms with E-state index in [1.165, 1.54) is 12.3 Å². The number of aromatic nitrogens is 1. The number of methoxy groups -OCH3 is 1. The lowest BCUT2D eigenvalue weighted by atomic mass is 10.2. The lowest BCUT2D eigenvalue weighted by molar-refractivity contribution is -0.121. The Bertz CT molecular complexity index is 498. The number of carbonyl (C=O) groups is 2. The molecule has 0 radical (unpaired) electrons. The minimum Gasteiger partial charge on any atom is -0.383 e. The van der Waals surface area contributed by atoms with Crippen LogP contribution < -0.4 is 21.9 Å². The summed E-state index contributed by atoms with van der Waals surface area (Å²) < 4.78 is 4.80. The molecule has 0 fully saturated rings. The van der Waals surface area contributed by atoms with E-state index in [1.54, 1.807) is 7.11 Å². The van der Waals surface area contributed by atoms with Crippen molar-refractivity contribution >= 4 is 29.2 Å². The number of nitrogens with one attached hydrogen (secondary N) is 3. The van der Waals surface area contributed by atoms with Crippen LogP contribution >= 0.6 is 11.6 Å². The van der Waals surface area contributed by atoms with Crippen molar-refractivity contribution < 1.29 is 14.3 Å². The molecule has 0 aliphatic carbocycles. The first-order valence-electron chi connectivity index (χ1n) is 6.24. The third kappa shape index (κ3) is 5.94. The van der Waals surface area contributed by atoms with E-state index in [4.69, 9.17) is 22.2 Å². The van der Waals surface area contributed by atoms with Crippen LogP contribution in [0.25, 0.3) is 0 Å². The smallest absolute Gasteiger partial charge is 0.252 e. The third-order valence-corrected chi connectivity index (χ3v) is 2.79. The number of carbonyl (C=O) groups excluding carboxylic acids is 2. The molecule has 2 amide bonds. The highest BCUT2D eigenvalue weighted by Gasteiger charge is 2.10. The predicted molar refractivity (Wildman–Crippen MR) is 78.9 cm³/mol. The number of pyridine rings is 1. The second-order valence-electron chi connectivity index (χ2n) is 4.05. The predicted octanol–water partition coefficient (Wildman–Crippen LogP) is -0.0969. The van der Waals surface area contributed by atoms with Gasteiger partial charge in [-0.3, -0.25) is 9.59 Å². The highest BCUT2D eigenvalue weighted by atomic mass is 35.5. The molecule has 0 atom stereocenters. The fourth-order valence-electron chi connectivity index (χ4n) is 1.44. The van der Waals surface area contributed by atoms with Gasteiger partial charge in [-0.15, -0.1) is 0 Å². The van der Waals surface area contributed by atoms with Crippen LogP contribution in [0.1, 0.15) is 16.8 Å². The number of ether oxygens (including phenoxy) is 1. The van der Waals surface area contributed by atoms with Crippen LogP contribution in [0.2, 0.25) is 5.02 Å². The van der Waals surface area contributed by atoms with Gasteiger partial charge in [0.25, 0.3) is 5.91 Å². The summed E-state index contributed by atoms with van der Waals surface area (Å²) in [6, 6.07) is 1.44. The average Bonchev–Trinajstić information content (AvgIpc) is 2.47. The minimum atomic E-state index is -0.363. The Labute approximate surface area is 127 Å². The third-order valence-electron chi connectivity index (χ3n) is 2.51. The highest BCUT2D eigenvalue weighted by Crippen LogP contribution is 2.18. The molecule has 1 aromatic rings. The number of nitrogens with two attached hydrogens (primary N) is 1. The fourth-order valence-corrected chi connectivity index (χ4v) is 1.66. The van der Waals surface area contributed by atoms with Crippen molar-refractivity contribution in [3.05, 3.63) is 22.8 Å². The molecular weight excluding hydrogens is 298 g/mol. The zero-order valence-electron chi connectivity index (χ0n) is 11.6. The number of anilines is 1. The Morgan fingerprint density at radius 1 is 1.38 bits per heavy atom. The highest BCUT2D eigenvalue weighted by molar-refractivity contribution is 6.33. The van der Waals surface area contributed by atoms with Crippen molar-refractivity contribution in [1.82, 2.24) is 15.6 Å². The van der Waals surface area contributed by atoms with Gasteiger partial charge in [-0.25, -0.2) is 10.8 Å². The van der Waals surface area contributed by atoms with Crippen molar-refractivity contribution in [3.63, 3.8) is 0 Å². The van der Waals surface area contributed by atoms with Gasteiger partial charge in [0.1, 0.15) is 0 Å². The average molecular weight is 316 g/mol. The van der Waals surface area contributed by atoms with E-state index in [0.29, 0.717) is 18.7 Å². The Morgan fingerprint density at radius 2 is 2.14 bits per heavy atom. The summed E-state index contributed by atoms with van der Waals surface area (Å²) in [5.74, 6) is 4.95. The van der Waals surface area contributed by atoms with Crippen LogP contribution in [0.5, 0.6) is 0 Å². The van der Waals surface area contributed by atoms with Gasteiger partial charge in [-0.05, 0) is 6.07 Å². The molecule has 0 aromatic carbocycles. The summed E-state index contributed by atoms with van der Waals surface area (Å²) in [5.41, 5.74) is 2.60. The van der Waals surface area contributed by atoms with E-state index in [9.17, 15) is 9.59 Å². The molecule has 0 saturated carbocycles. The van der Waals surface area contributed by atoms with Crippen molar-refractivity contribution in [2.75, 3.05) is 32.2 Å². The topological polar surface area (TPSA) is 118 Å². The van der Waals surface area contributed by atoms with Crippen LogP contribution in [-0.2, 0) is 9.53 Å². The van der Waals surface area contributed by atoms with E-state index in [2.05, 4.69) is 21.0 Å². The lowest BCUT2D eigenvalue weighted by Gasteiger charge is -2.07. The molecule has 0 unspecified atom stereocenters. The summed E-state index contributed by atoms with van der Waals surface area (Å²) in [4.78, 5) is 27.1. The number of amides is 2. The normalized spacial score (nSPS) is 10.0.